The van der Waals surface area contributed by atoms with Crippen molar-refractivity contribution in [1.82, 2.24) is 19.9 Å². The first-order valence-electron chi connectivity index (χ1n) is 6.44. The zero-order valence-corrected chi connectivity index (χ0v) is 13.0. The van der Waals surface area contributed by atoms with E-state index in [9.17, 15) is 9.00 Å². The maximum absolute atomic E-state index is 12.4. The number of carbonyl (C=O) groups excluding carboxylic acids is 1. The van der Waals surface area contributed by atoms with Crippen LogP contribution in [-0.2, 0) is 15.6 Å². The van der Waals surface area contributed by atoms with Gasteiger partial charge in [0.15, 0.2) is 0 Å². The van der Waals surface area contributed by atoms with Gasteiger partial charge in [-0.05, 0) is 27.7 Å². The highest BCUT2D eigenvalue weighted by molar-refractivity contribution is 7.86. The van der Waals surface area contributed by atoms with Crippen molar-refractivity contribution in [2.24, 2.45) is 0 Å². The van der Waals surface area contributed by atoms with Crippen molar-refractivity contribution in [2.75, 3.05) is 5.32 Å². The SMILES string of the molecule is Cc1cc(NC(=O)[C@@H](C)[S@](=O)c2nncn2C(C)C)on1. The Balaban J connectivity index is 2.11. The molecular formula is C12H17N5O3S. The number of nitrogens with zero attached hydrogens (tertiary/aromatic N) is 4. The Morgan fingerprint density at radius 3 is 2.71 bits per heavy atom. The van der Waals surface area contributed by atoms with E-state index in [1.54, 1.807) is 24.5 Å². The molecule has 2 aromatic heterocycles. The summed E-state index contributed by atoms with van der Waals surface area (Å²) >= 11 is 0. The van der Waals surface area contributed by atoms with E-state index in [4.69, 9.17) is 4.52 Å². The highest BCUT2D eigenvalue weighted by atomic mass is 32.2. The van der Waals surface area contributed by atoms with Crippen molar-refractivity contribution in [1.29, 1.82) is 0 Å². The van der Waals surface area contributed by atoms with E-state index < -0.39 is 22.0 Å². The Labute approximate surface area is 124 Å². The minimum Gasteiger partial charge on any atom is -0.338 e. The lowest BCUT2D eigenvalue weighted by Gasteiger charge is -2.13. The van der Waals surface area contributed by atoms with Crippen LogP contribution >= 0.6 is 0 Å². The molecule has 2 aromatic rings. The van der Waals surface area contributed by atoms with Crippen LogP contribution in [-0.4, -0.2) is 35.3 Å². The maximum Gasteiger partial charge on any atom is 0.242 e. The quantitative estimate of drug-likeness (QED) is 0.892. The first-order chi connectivity index (χ1) is 9.90. The molecule has 0 saturated carbocycles. The fourth-order valence-electron chi connectivity index (χ4n) is 1.63. The Morgan fingerprint density at radius 2 is 2.14 bits per heavy atom. The molecule has 1 N–H and O–H groups in total. The summed E-state index contributed by atoms with van der Waals surface area (Å²) in [6.45, 7) is 7.15. The minimum absolute atomic E-state index is 0.0612. The topological polar surface area (TPSA) is 103 Å². The van der Waals surface area contributed by atoms with Gasteiger partial charge in [-0.2, -0.15) is 0 Å². The van der Waals surface area contributed by atoms with Crippen molar-refractivity contribution >= 4 is 22.6 Å². The number of carbonyl (C=O) groups is 1. The Bertz CT molecular complexity index is 663. The van der Waals surface area contributed by atoms with E-state index in [0.717, 1.165) is 0 Å². The summed E-state index contributed by atoms with van der Waals surface area (Å²) in [6.07, 6.45) is 1.50. The zero-order chi connectivity index (χ0) is 15.6. The average molecular weight is 311 g/mol. The van der Waals surface area contributed by atoms with Crippen molar-refractivity contribution in [2.45, 2.75) is 44.1 Å². The van der Waals surface area contributed by atoms with Crippen molar-refractivity contribution in [3.8, 4) is 0 Å². The van der Waals surface area contributed by atoms with Crippen LogP contribution in [0.3, 0.4) is 0 Å². The van der Waals surface area contributed by atoms with E-state index >= 15 is 0 Å². The van der Waals surface area contributed by atoms with Gasteiger partial charge in [0.1, 0.15) is 22.4 Å². The van der Waals surface area contributed by atoms with Crippen LogP contribution < -0.4 is 5.32 Å². The van der Waals surface area contributed by atoms with Crippen LogP contribution in [0.4, 0.5) is 5.88 Å². The first-order valence-corrected chi connectivity index (χ1v) is 7.65. The number of hydrogen-bond donors (Lipinski definition) is 1. The first kappa shape index (κ1) is 15.4. The molecule has 9 heteroatoms. The smallest absolute Gasteiger partial charge is 0.242 e. The van der Waals surface area contributed by atoms with Gasteiger partial charge in [-0.25, -0.2) is 0 Å². The number of amides is 1. The fourth-order valence-corrected chi connectivity index (χ4v) is 2.79. The molecule has 0 radical (unpaired) electrons. The summed E-state index contributed by atoms with van der Waals surface area (Å²) in [4.78, 5) is 12.1. The van der Waals surface area contributed by atoms with Crippen LogP contribution in [0.15, 0.2) is 22.1 Å². The molecular weight excluding hydrogens is 294 g/mol. The van der Waals surface area contributed by atoms with E-state index in [1.165, 1.54) is 6.33 Å². The molecule has 21 heavy (non-hydrogen) atoms. The molecule has 8 nitrogen and oxygen atoms in total. The second-order valence-corrected chi connectivity index (χ2v) is 6.54. The molecule has 2 rings (SSSR count). The highest BCUT2D eigenvalue weighted by Gasteiger charge is 2.26. The van der Waals surface area contributed by atoms with Gasteiger partial charge >= 0.3 is 0 Å². The number of aryl methyl sites for hydroxylation is 1. The van der Waals surface area contributed by atoms with Gasteiger partial charge in [0.05, 0.1) is 5.69 Å². The molecule has 0 unspecified atom stereocenters. The average Bonchev–Trinajstić information content (AvgIpc) is 3.05. The zero-order valence-electron chi connectivity index (χ0n) is 12.2. The van der Waals surface area contributed by atoms with Crippen LogP contribution in [0.1, 0.15) is 32.5 Å². The van der Waals surface area contributed by atoms with Crippen molar-refractivity contribution in [3.05, 3.63) is 18.1 Å². The summed E-state index contributed by atoms with van der Waals surface area (Å²) in [7, 11) is -1.61. The van der Waals surface area contributed by atoms with Gasteiger partial charge in [0.25, 0.3) is 0 Å². The normalized spacial score (nSPS) is 14.1. The number of hydrogen-bond acceptors (Lipinski definition) is 6. The Morgan fingerprint density at radius 1 is 1.43 bits per heavy atom. The van der Waals surface area contributed by atoms with E-state index in [2.05, 4.69) is 20.7 Å². The molecule has 0 bridgehead atoms. The van der Waals surface area contributed by atoms with Crippen LogP contribution in [0.25, 0.3) is 0 Å². The summed E-state index contributed by atoms with van der Waals surface area (Å²) in [5, 5.41) is 13.3. The van der Waals surface area contributed by atoms with Gasteiger partial charge in [-0.3, -0.25) is 14.3 Å². The van der Waals surface area contributed by atoms with E-state index in [1.807, 2.05) is 13.8 Å². The third-order valence-corrected chi connectivity index (χ3v) is 4.35. The molecule has 0 aliphatic rings. The number of anilines is 1. The van der Waals surface area contributed by atoms with Gasteiger partial charge in [-0.1, -0.05) is 5.16 Å². The molecule has 0 spiro atoms. The number of nitrogens with one attached hydrogen (secondary N) is 1. The summed E-state index contributed by atoms with van der Waals surface area (Å²) < 4.78 is 19.0. The van der Waals surface area contributed by atoms with Gasteiger partial charge < -0.3 is 9.09 Å². The second-order valence-electron chi connectivity index (χ2n) is 4.88. The monoisotopic (exact) mass is 311 g/mol. The van der Waals surface area contributed by atoms with Crippen molar-refractivity contribution in [3.63, 3.8) is 0 Å². The summed E-state index contributed by atoms with van der Waals surface area (Å²) in [5.74, 6) is -0.200. The fraction of sp³-hybridized carbons (Fsp3) is 0.500. The van der Waals surface area contributed by atoms with Gasteiger partial charge in [-0.15, -0.1) is 10.2 Å². The maximum atomic E-state index is 12.4. The summed E-state index contributed by atoms with van der Waals surface area (Å²) in [6, 6.07) is 1.65. The van der Waals surface area contributed by atoms with Crippen LogP contribution in [0.2, 0.25) is 0 Å². The van der Waals surface area contributed by atoms with Crippen molar-refractivity contribution < 1.29 is 13.5 Å². The third-order valence-electron chi connectivity index (χ3n) is 2.84. The molecule has 2 atom stereocenters. The van der Waals surface area contributed by atoms with Gasteiger partial charge in [0.2, 0.25) is 16.9 Å². The predicted molar refractivity (Wildman–Crippen MR) is 76.1 cm³/mol. The Kier molecular flexibility index (Phi) is 4.51. The second kappa shape index (κ2) is 6.17. The van der Waals surface area contributed by atoms with Crippen LogP contribution in [0, 0.1) is 6.92 Å². The molecule has 1 amide bonds. The summed E-state index contributed by atoms with van der Waals surface area (Å²) in [5.41, 5.74) is 0.652. The molecule has 0 saturated heterocycles. The lowest BCUT2D eigenvalue weighted by Crippen LogP contribution is -2.30. The Hall–Kier alpha value is -2.03. The molecule has 0 aliphatic carbocycles. The lowest BCUT2D eigenvalue weighted by atomic mass is 10.4. The molecule has 0 aromatic carbocycles. The lowest BCUT2D eigenvalue weighted by molar-refractivity contribution is -0.115. The number of rotatable bonds is 5. The molecule has 0 aliphatic heterocycles. The van der Waals surface area contributed by atoms with Crippen LogP contribution in [0.5, 0.6) is 0 Å². The minimum atomic E-state index is -1.61. The third kappa shape index (κ3) is 3.35. The predicted octanol–water partition coefficient (Wildman–Crippen LogP) is 1.29. The number of aromatic nitrogens is 4. The standard InChI is InChI=1S/C12H17N5O3S/c1-7(2)17-6-13-15-12(17)21(19)9(4)11(18)14-10-5-8(3)16-20-10/h5-7,9H,1-4H3,(H,14,18)/t9-,21+/m1/s1. The van der Waals surface area contributed by atoms with Gasteiger partial charge in [0, 0.05) is 12.1 Å². The highest BCUT2D eigenvalue weighted by Crippen LogP contribution is 2.15. The molecule has 2 heterocycles. The molecule has 0 fully saturated rings. The van der Waals surface area contributed by atoms with E-state index in [-0.39, 0.29) is 17.1 Å². The molecule has 114 valence electrons. The van der Waals surface area contributed by atoms with E-state index in [0.29, 0.717) is 5.69 Å². The largest absolute Gasteiger partial charge is 0.338 e.